The highest BCUT2D eigenvalue weighted by Crippen LogP contribution is 2.54. The van der Waals surface area contributed by atoms with E-state index in [1.807, 2.05) is 18.2 Å². The van der Waals surface area contributed by atoms with Gasteiger partial charge in [0.2, 0.25) is 5.91 Å². The van der Waals surface area contributed by atoms with E-state index in [4.69, 9.17) is 15.2 Å². The second kappa shape index (κ2) is 15.8. The predicted molar refractivity (Wildman–Crippen MR) is 147 cm³/mol. The average molecular weight is 592 g/mol. The molecule has 0 fully saturated rings. The van der Waals surface area contributed by atoms with Gasteiger partial charge >= 0.3 is 5.97 Å². The zero-order valence-electron chi connectivity index (χ0n) is 20.0. The molecule has 0 aromatic heterocycles. The number of nitrogens with two attached hydrogens (primary N) is 1. The van der Waals surface area contributed by atoms with E-state index in [1.54, 1.807) is 0 Å². The molecular formula is C27H32BrN2O4PS. The minimum absolute atomic E-state index is 0. The van der Waals surface area contributed by atoms with E-state index >= 15 is 0 Å². The number of hydrogen-bond donors (Lipinski definition) is 3. The molecule has 0 aliphatic carbocycles. The molecule has 0 aliphatic heterocycles. The summed E-state index contributed by atoms with van der Waals surface area (Å²) in [5.41, 5.74) is 5.56. The number of rotatable bonds is 13. The molecule has 0 saturated heterocycles. The fraction of sp³-hybridized carbons (Fsp3) is 0.259. The number of nitrogens with one attached hydrogen (secondary N) is 1. The summed E-state index contributed by atoms with van der Waals surface area (Å²) in [7, 11) is -1.95. The second-order valence-corrected chi connectivity index (χ2v) is 11.9. The van der Waals surface area contributed by atoms with Crippen molar-refractivity contribution in [3.63, 3.8) is 0 Å². The second-order valence-electron chi connectivity index (χ2n) is 7.88. The smallest absolute Gasteiger partial charge is 0.325 e. The van der Waals surface area contributed by atoms with Crippen molar-refractivity contribution in [1.82, 2.24) is 5.32 Å². The Morgan fingerprint density at radius 1 is 0.806 bits per heavy atom. The molecular weight excluding hydrogens is 559 g/mol. The summed E-state index contributed by atoms with van der Waals surface area (Å²) >= 11 is 3.96. The van der Waals surface area contributed by atoms with Crippen LogP contribution in [0.15, 0.2) is 91.0 Å². The van der Waals surface area contributed by atoms with Gasteiger partial charge in [-0.2, -0.15) is 12.6 Å². The quantitative estimate of drug-likeness (QED) is 0.102. The van der Waals surface area contributed by atoms with Crippen LogP contribution >= 0.6 is 19.9 Å². The first kappa shape index (κ1) is 30.0. The number of ether oxygens (including phenoxy) is 2. The van der Waals surface area contributed by atoms with Gasteiger partial charge in [-0.25, -0.2) is 0 Å². The van der Waals surface area contributed by atoms with Crippen LogP contribution in [0.1, 0.15) is 0 Å². The van der Waals surface area contributed by atoms with Gasteiger partial charge in [-0.1, -0.05) is 54.6 Å². The van der Waals surface area contributed by atoms with Crippen LogP contribution in [0, 0.1) is 0 Å². The number of amides is 1. The highest BCUT2D eigenvalue weighted by molar-refractivity contribution is 7.95. The normalized spacial score (nSPS) is 11.7. The largest absolute Gasteiger partial charge is 1.00 e. The van der Waals surface area contributed by atoms with Crippen LogP contribution in [0.3, 0.4) is 0 Å². The predicted octanol–water partition coefficient (Wildman–Crippen LogP) is -1.08. The summed E-state index contributed by atoms with van der Waals surface area (Å²) < 4.78 is 11.1. The van der Waals surface area contributed by atoms with Crippen LogP contribution in [0.25, 0.3) is 0 Å². The SMILES string of the molecule is NC(CS)C(=O)NCC(=O)OCCOCC[P+](c1ccccc1)(c1ccccc1)c1ccccc1.[Br-]. The Kier molecular flexibility index (Phi) is 13.2. The van der Waals surface area contributed by atoms with Crippen LogP contribution in [0.4, 0.5) is 0 Å². The van der Waals surface area contributed by atoms with Gasteiger partial charge in [0.05, 0.1) is 25.4 Å². The molecule has 1 atom stereocenters. The molecule has 0 spiro atoms. The van der Waals surface area contributed by atoms with Gasteiger partial charge < -0.3 is 37.5 Å². The molecule has 0 aliphatic rings. The highest BCUT2D eigenvalue weighted by Gasteiger charge is 2.44. The molecule has 36 heavy (non-hydrogen) atoms. The molecule has 3 N–H and O–H groups in total. The molecule has 1 unspecified atom stereocenters. The van der Waals surface area contributed by atoms with E-state index < -0.39 is 25.2 Å². The lowest BCUT2D eigenvalue weighted by atomic mass is 10.3. The minimum Gasteiger partial charge on any atom is -1.00 e. The van der Waals surface area contributed by atoms with Crippen molar-refractivity contribution >= 4 is 47.7 Å². The van der Waals surface area contributed by atoms with Gasteiger partial charge in [0.1, 0.15) is 36.3 Å². The topological polar surface area (TPSA) is 90.7 Å². The summed E-state index contributed by atoms with van der Waals surface area (Å²) in [5.74, 6) is -0.766. The Morgan fingerprint density at radius 2 is 1.28 bits per heavy atom. The van der Waals surface area contributed by atoms with Crippen molar-refractivity contribution in [3.8, 4) is 0 Å². The van der Waals surface area contributed by atoms with Crippen LogP contribution in [-0.4, -0.2) is 56.2 Å². The number of esters is 1. The third-order valence-electron chi connectivity index (χ3n) is 5.59. The Bertz CT molecular complexity index is 964. The fourth-order valence-electron chi connectivity index (χ4n) is 3.82. The van der Waals surface area contributed by atoms with Gasteiger partial charge in [0, 0.05) is 5.75 Å². The zero-order valence-corrected chi connectivity index (χ0v) is 23.3. The van der Waals surface area contributed by atoms with E-state index in [9.17, 15) is 9.59 Å². The van der Waals surface area contributed by atoms with Crippen molar-refractivity contribution in [1.29, 1.82) is 0 Å². The monoisotopic (exact) mass is 590 g/mol. The fourth-order valence-corrected chi connectivity index (χ4v) is 8.11. The minimum atomic E-state index is -1.95. The van der Waals surface area contributed by atoms with Crippen LogP contribution in [0.2, 0.25) is 0 Å². The van der Waals surface area contributed by atoms with E-state index in [0.717, 1.165) is 6.16 Å². The Hall–Kier alpha value is -2.22. The number of carbonyl (C=O) groups excluding carboxylic acids is 2. The molecule has 192 valence electrons. The number of carbonyl (C=O) groups is 2. The van der Waals surface area contributed by atoms with Crippen molar-refractivity contribution in [2.24, 2.45) is 5.73 Å². The van der Waals surface area contributed by atoms with E-state index in [1.165, 1.54) is 15.9 Å². The third kappa shape index (κ3) is 8.15. The summed E-state index contributed by atoms with van der Waals surface area (Å²) in [6.45, 7) is 0.664. The van der Waals surface area contributed by atoms with Crippen molar-refractivity contribution in [3.05, 3.63) is 91.0 Å². The molecule has 1 amide bonds. The van der Waals surface area contributed by atoms with Crippen molar-refractivity contribution < 1.29 is 36.0 Å². The summed E-state index contributed by atoms with van der Waals surface area (Å²) in [4.78, 5) is 23.5. The van der Waals surface area contributed by atoms with E-state index in [2.05, 4.69) is 90.7 Å². The van der Waals surface area contributed by atoms with Crippen LogP contribution in [0.5, 0.6) is 0 Å². The lowest BCUT2D eigenvalue weighted by Crippen LogP contribution is -3.00. The Morgan fingerprint density at radius 3 is 1.72 bits per heavy atom. The van der Waals surface area contributed by atoms with Gasteiger partial charge in [0.25, 0.3) is 0 Å². The molecule has 3 rings (SSSR count). The molecule has 0 radical (unpaired) electrons. The number of benzene rings is 3. The molecule has 3 aromatic carbocycles. The van der Waals surface area contributed by atoms with Gasteiger partial charge in [-0.15, -0.1) is 0 Å². The highest BCUT2D eigenvalue weighted by atomic mass is 79.9. The third-order valence-corrected chi connectivity index (χ3v) is 10.4. The zero-order chi connectivity index (χ0) is 24.9. The van der Waals surface area contributed by atoms with E-state index in [0.29, 0.717) is 6.61 Å². The molecule has 3 aromatic rings. The standard InChI is InChI=1S/C27H31N2O4PS.BrH/c28-25(21-35)27(31)29-20-26(30)33-17-16-32-18-19-34(22-10-4-1-5-11-22,23-12-6-2-7-13-23)24-14-8-3-9-15-24;/h1-15,25H,16-21,28H2,(H-,29,31,35);1H. The molecule has 9 heteroatoms. The lowest BCUT2D eigenvalue weighted by Gasteiger charge is -2.27. The summed E-state index contributed by atoms with van der Waals surface area (Å²) in [6.07, 6.45) is 0.816. The van der Waals surface area contributed by atoms with Crippen molar-refractivity contribution in [2.45, 2.75) is 6.04 Å². The first-order chi connectivity index (χ1) is 17.1. The van der Waals surface area contributed by atoms with Crippen molar-refractivity contribution in [2.75, 3.05) is 38.3 Å². The van der Waals surface area contributed by atoms with Crippen LogP contribution in [-0.2, 0) is 19.1 Å². The first-order valence-corrected chi connectivity index (χ1v) is 14.1. The molecule has 0 heterocycles. The first-order valence-electron chi connectivity index (χ1n) is 11.5. The molecule has 6 nitrogen and oxygen atoms in total. The van der Waals surface area contributed by atoms with Gasteiger partial charge in [-0.05, 0) is 36.4 Å². The van der Waals surface area contributed by atoms with Gasteiger partial charge in [0.15, 0.2) is 0 Å². The number of hydrogen-bond acceptors (Lipinski definition) is 6. The van der Waals surface area contributed by atoms with Gasteiger partial charge in [-0.3, -0.25) is 9.59 Å². The maximum Gasteiger partial charge on any atom is 0.325 e. The summed E-state index contributed by atoms with van der Waals surface area (Å²) in [5, 5.41) is 6.32. The maximum atomic E-state index is 11.9. The summed E-state index contributed by atoms with van der Waals surface area (Å²) in [6, 6.07) is 31.0. The van der Waals surface area contributed by atoms with Crippen LogP contribution < -0.4 is 43.9 Å². The maximum absolute atomic E-state index is 11.9. The van der Waals surface area contributed by atoms with E-state index in [-0.39, 0.29) is 42.5 Å². The molecule has 0 bridgehead atoms. The Labute approximate surface area is 229 Å². The number of halogens is 1. The number of thiol groups is 1. The Balaban J connectivity index is 0.00000456. The molecule has 0 saturated carbocycles. The average Bonchev–Trinajstić information content (AvgIpc) is 2.92. The lowest BCUT2D eigenvalue weighted by molar-refractivity contribution is -0.145.